The third-order valence-corrected chi connectivity index (χ3v) is 6.82. The fraction of sp³-hybridized carbons (Fsp3) is 0.261. The van der Waals surface area contributed by atoms with Crippen molar-refractivity contribution in [3.05, 3.63) is 70.5 Å². The number of aromatic nitrogens is 3. The van der Waals surface area contributed by atoms with Crippen LogP contribution in [-0.2, 0) is 13.1 Å². The first-order valence-corrected chi connectivity index (χ1v) is 11.5. The van der Waals surface area contributed by atoms with E-state index in [0.29, 0.717) is 5.82 Å². The first kappa shape index (κ1) is 20.3. The van der Waals surface area contributed by atoms with Crippen LogP contribution in [0.1, 0.15) is 11.3 Å². The Morgan fingerprint density at radius 1 is 0.935 bits per heavy atom. The smallest absolute Gasteiger partial charge is 0.134 e. The number of fused-ring (bicyclic) bond motifs is 1. The summed E-state index contributed by atoms with van der Waals surface area (Å²) in [6.45, 7) is 5.97. The third kappa shape index (κ3) is 4.70. The minimum absolute atomic E-state index is 0.534. The summed E-state index contributed by atoms with van der Waals surface area (Å²) in [5.41, 5.74) is 10.3. The van der Waals surface area contributed by atoms with Gasteiger partial charge in [-0.3, -0.25) is 9.80 Å². The van der Waals surface area contributed by atoms with Gasteiger partial charge in [0.15, 0.2) is 0 Å². The highest BCUT2D eigenvalue weighted by molar-refractivity contribution is 7.13. The van der Waals surface area contributed by atoms with Gasteiger partial charge in [0.05, 0.1) is 11.2 Å². The Morgan fingerprint density at radius 3 is 2.45 bits per heavy atom. The van der Waals surface area contributed by atoms with Gasteiger partial charge in [-0.05, 0) is 29.8 Å². The number of nitrogen functional groups attached to an aromatic ring is 1. The van der Waals surface area contributed by atoms with Crippen LogP contribution in [0.4, 0.5) is 5.82 Å². The largest absolute Gasteiger partial charge is 0.383 e. The fourth-order valence-corrected chi connectivity index (χ4v) is 4.86. The van der Waals surface area contributed by atoms with Gasteiger partial charge in [-0.2, -0.15) is 0 Å². The molecule has 6 nitrogen and oxygen atoms in total. The van der Waals surface area contributed by atoms with E-state index in [4.69, 9.17) is 22.3 Å². The maximum atomic E-state index is 5.99. The minimum Gasteiger partial charge on any atom is -0.383 e. The number of nitrogens with two attached hydrogens (primary N) is 1. The lowest BCUT2D eigenvalue weighted by Gasteiger charge is -2.34. The van der Waals surface area contributed by atoms with Gasteiger partial charge < -0.3 is 5.73 Å². The predicted octanol–water partition coefficient (Wildman–Crippen LogP) is 4.31. The van der Waals surface area contributed by atoms with Gasteiger partial charge >= 0.3 is 0 Å². The van der Waals surface area contributed by atoms with E-state index >= 15 is 0 Å². The van der Waals surface area contributed by atoms with Crippen LogP contribution >= 0.6 is 22.9 Å². The van der Waals surface area contributed by atoms with Crippen LogP contribution in [0.5, 0.6) is 0 Å². The second-order valence-corrected chi connectivity index (χ2v) is 9.11. The van der Waals surface area contributed by atoms with Crippen molar-refractivity contribution >= 4 is 39.7 Å². The first-order valence-electron chi connectivity index (χ1n) is 10.3. The fourth-order valence-electron chi connectivity index (χ4n) is 3.92. The third-order valence-electron chi connectivity index (χ3n) is 5.63. The van der Waals surface area contributed by atoms with E-state index in [0.717, 1.165) is 71.5 Å². The summed E-state index contributed by atoms with van der Waals surface area (Å²) in [4.78, 5) is 18.2. The van der Waals surface area contributed by atoms with Crippen LogP contribution in [0.25, 0.3) is 21.5 Å². The lowest BCUT2D eigenvalue weighted by molar-refractivity contribution is 0.121. The first-order chi connectivity index (χ1) is 15.1. The Hall–Kier alpha value is -2.58. The van der Waals surface area contributed by atoms with Gasteiger partial charge in [-0.1, -0.05) is 29.8 Å². The zero-order chi connectivity index (χ0) is 21.2. The molecule has 4 aromatic rings. The zero-order valence-corrected chi connectivity index (χ0v) is 18.6. The predicted molar refractivity (Wildman–Crippen MR) is 127 cm³/mol. The highest BCUT2D eigenvalue weighted by Crippen LogP contribution is 2.26. The van der Waals surface area contributed by atoms with Gasteiger partial charge in [-0.25, -0.2) is 15.0 Å². The number of hydrogen-bond acceptors (Lipinski definition) is 7. The van der Waals surface area contributed by atoms with Crippen molar-refractivity contribution in [3.8, 4) is 10.6 Å². The molecule has 31 heavy (non-hydrogen) atoms. The molecule has 2 N–H and O–H groups in total. The summed E-state index contributed by atoms with van der Waals surface area (Å²) in [5, 5.41) is 4.88. The summed E-state index contributed by atoms with van der Waals surface area (Å²) in [5.74, 6) is 0.534. The van der Waals surface area contributed by atoms with Gasteiger partial charge in [-0.15, -0.1) is 11.3 Å². The summed E-state index contributed by atoms with van der Waals surface area (Å²) >= 11 is 7.68. The molecule has 0 aliphatic carbocycles. The van der Waals surface area contributed by atoms with E-state index in [9.17, 15) is 0 Å². The molecule has 8 heteroatoms. The minimum atomic E-state index is 0.534. The molecule has 2 aromatic carbocycles. The summed E-state index contributed by atoms with van der Waals surface area (Å²) < 4.78 is 0. The van der Waals surface area contributed by atoms with Crippen molar-refractivity contribution in [2.75, 3.05) is 31.9 Å². The Kier molecular flexibility index (Phi) is 5.82. The molecule has 0 bridgehead atoms. The molecule has 5 rings (SSSR count). The zero-order valence-electron chi connectivity index (χ0n) is 17.0. The van der Waals surface area contributed by atoms with Crippen molar-refractivity contribution in [1.29, 1.82) is 0 Å². The standard InChI is InChI=1S/C23H23ClN6S/c24-18-4-2-17(3-5-18)23-28-19(14-31-23)13-30-9-7-29(8-10-30)12-16-1-6-20-21(11-16)26-15-27-22(20)25/h1-6,11,14-15H,7-10,12-13H2,(H2,25,26,27). The van der Waals surface area contributed by atoms with Gasteiger partial charge in [0, 0.05) is 60.6 Å². The molecule has 1 fully saturated rings. The lowest BCUT2D eigenvalue weighted by Crippen LogP contribution is -2.45. The van der Waals surface area contributed by atoms with E-state index in [-0.39, 0.29) is 0 Å². The molecular weight excluding hydrogens is 428 g/mol. The summed E-state index contributed by atoms with van der Waals surface area (Å²) in [7, 11) is 0. The number of hydrogen-bond donors (Lipinski definition) is 1. The van der Waals surface area contributed by atoms with E-state index in [1.807, 2.05) is 30.3 Å². The van der Waals surface area contributed by atoms with Crippen molar-refractivity contribution in [3.63, 3.8) is 0 Å². The van der Waals surface area contributed by atoms with Crippen LogP contribution in [0.2, 0.25) is 5.02 Å². The molecule has 0 radical (unpaired) electrons. The molecule has 1 saturated heterocycles. The number of piperazine rings is 1. The Labute approximate surface area is 190 Å². The van der Waals surface area contributed by atoms with E-state index in [1.54, 1.807) is 11.3 Å². The van der Waals surface area contributed by atoms with Crippen molar-refractivity contribution in [2.24, 2.45) is 0 Å². The highest BCUT2D eigenvalue weighted by Gasteiger charge is 2.18. The summed E-state index contributed by atoms with van der Waals surface area (Å²) in [6, 6.07) is 14.1. The number of halogens is 1. The maximum Gasteiger partial charge on any atom is 0.134 e. The molecule has 2 aromatic heterocycles. The highest BCUT2D eigenvalue weighted by atomic mass is 35.5. The van der Waals surface area contributed by atoms with Gasteiger partial charge in [0.1, 0.15) is 17.2 Å². The quantitative estimate of drug-likeness (QED) is 0.488. The SMILES string of the molecule is Nc1ncnc2cc(CN3CCN(Cc4csc(-c5ccc(Cl)cc5)n4)CC3)ccc12. The normalized spacial score (nSPS) is 15.5. The second-order valence-electron chi connectivity index (χ2n) is 7.81. The molecule has 158 valence electrons. The number of thiazole rings is 1. The number of benzene rings is 2. The van der Waals surface area contributed by atoms with Crippen molar-refractivity contribution < 1.29 is 0 Å². The van der Waals surface area contributed by atoms with Crippen molar-refractivity contribution in [1.82, 2.24) is 24.8 Å². The molecule has 0 unspecified atom stereocenters. The Balaban J connectivity index is 1.16. The van der Waals surface area contributed by atoms with Crippen LogP contribution in [0.15, 0.2) is 54.2 Å². The van der Waals surface area contributed by atoms with Gasteiger partial charge in [0.25, 0.3) is 0 Å². The van der Waals surface area contributed by atoms with Crippen LogP contribution in [-0.4, -0.2) is 50.9 Å². The monoisotopic (exact) mass is 450 g/mol. The average molecular weight is 451 g/mol. The molecular formula is C23H23ClN6S. The van der Waals surface area contributed by atoms with Gasteiger partial charge in [0.2, 0.25) is 0 Å². The topological polar surface area (TPSA) is 71.2 Å². The molecule has 0 atom stereocenters. The van der Waals surface area contributed by atoms with E-state index in [2.05, 4.69) is 37.3 Å². The van der Waals surface area contributed by atoms with Crippen LogP contribution < -0.4 is 5.73 Å². The molecule has 3 heterocycles. The maximum absolute atomic E-state index is 5.99. The molecule has 1 aliphatic heterocycles. The number of anilines is 1. The average Bonchev–Trinajstić information content (AvgIpc) is 3.24. The molecule has 0 amide bonds. The Morgan fingerprint density at radius 2 is 1.68 bits per heavy atom. The Bertz CT molecular complexity index is 1180. The molecule has 1 aliphatic rings. The number of nitrogens with zero attached hydrogens (tertiary/aromatic N) is 5. The van der Waals surface area contributed by atoms with E-state index < -0.39 is 0 Å². The van der Waals surface area contributed by atoms with Crippen molar-refractivity contribution in [2.45, 2.75) is 13.1 Å². The molecule has 0 saturated carbocycles. The van der Waals surface area contributed by atoms with Crippen LogP contribution in [0, 0.1) is 0 Å². The summed E-state index contributed by atoms with van der Waals surface area (Å²) in [6.07, 6.45) is 1.52. The van der Waals surface area contributed by atoms with Crippen LogP contribution in [0.3, 0.4) is 0 Å². The molecule has 0 spiro atoms. The lowest BCUT2D eigenvalue weighted by atomic mass is 10.1. The number of rotatable bonds is 5. The second kappa shape index (κ2) is 8.88. The van der Waals surface area contributed by atoms with E-state index in [1.165, 1.54) is 11.9 Å².